The zero-order valence-corrected chi connectivity index (χ0v) is 17.2. The maximum Gasteiger partial charge on any atom is 0.251 e. The van der Waals surface area contributed by atoms with E-state index in [9.17, 15) is 9.59 Å². The molecule has 0 radical (unpaired) electrons. The Bertz CT molecular complexity index is 957. The van der Waals surface area contributed by atoms with Gasteiger partial charge in [0.15, 0.2) is 0 Å². The van der Waals surface area contributed by atoms with Crippen molar-refractivity contribution in [1.29, 1.82) is 0 Å². The van der Waals surface area contributed by atoms with E-state index in [-0.39, 0.29) is 30.4 Å². The molecule has 30 heavy (non-hydrogen) atoms. The lowest BCUT2D eigenvalue weighted by Gasteiger charge is -2.31. The Morgan fingerprint density at radius 2 is 1.93 bits per heavy atom. The molecule has 2 aliphatic heterocycles. The van der Waals surface area contributed by atoms with E-state index >= 15 is 0 Å². The van der Waals surface area contributed by atoms with Crippen LogP contribution in [-0.2, 0) is 9.59 Å². The van der Waals surface area contributed by atoms with Crippen molar-refractivity contribution in [2.24, 2.45) is 0 Å². The molecule has 2 unspecified atom stereocenters. The summed E-state index contributed by atoms with van der Waals surface area (Å²) in [5, 5.41) is 4.71. The zero-order chi connectivity index (χ0) is 21.1. The van der Waals surface area contributed by atoms with Gasteiger partial charge in [-0.25, -0.2) is 5.43 Å². The minimum absolute atomic E-state index is 0.0122. The number of aryl methyl sites for hydroxylation is 1. The third kappa shape index (κ3) is 4.16. The van der Waals surface area contributed by atoms with Crippen LogP contribution < -0.4 is 15.5 Å². The zero-order valence-electron chi connectivity index (χ0n) is 17.2. The van der Waals surface area contributed by atoms with Crippen LogP contribution in [0.4, 0.5) is 5.69 Å². The topological polar surface area (TPSA) is 73.9 Å². The van der Waals surface area contributed by atoms with E-state index in [2.05, 4.69) is 10.7 Å². The number of fused-ring (bicyclic) bond motifs is 1. The van der Waals surface area contributed by atoms with Gasteiger partial charge in [0.05, 0.1) is 12.6 Å². The van der Waals surface area contributed by atoms with Gasteiger partial charge in [-0.2, -0.15) is 0 Å². The highest BCUT2D eigenvalue weighted by atomic mass is 16.5. The highest BCUT2D eigenvalue weighted by molar-refractivity contribution is 5.96. The minimum atomic E-state index is -0.335. The van der Waals surface area contributed by atoms with Gasteiger partial charge in [-0.15, -0.1) is 0 Å². The lowest BCUT2D eigenvalue weighted by atomic mass is 10.0. The highest BCUT2D eigenvalue weighted by Gasteiger charge is 2.40. The van der Waals surface area contributed by atoms with E-state index < -0.39 is 0 Å². The van der Waals surface area contributed by atoms with Crippen LogP contribution in [0.15, 0.2) is 60.9 Å². The molecule has 4 rings (SSSR count). The van der Waals surface area contributed by atoms with Crippen molar-refractivity contribution in [3.05, 3.63) is 72.1 Å². The van der Waals surface area contributed by atoms with Gasteiger partial charge in [0.2, 0.25) is 5.91 Å². The fourth-order valence-corrected chi connectivity index (χ4v) is 3.81. The molecular formula is C23H26N4O3. The Labute approximate surface area is 176 Å². The average molecular weight is 406 g/mol. The van der Waals surface area contributed by atoms with Crippen molar-refractivity contribution in [2.75, 3.05) is 18.5 Å². The summed E-state index contributed by atoms with van der Waals surface area (Å²) in [5.41, 5.74) is 6.21. The second kappa shape index (κ2) is 8.59. The van der Waals surface area contributed by atoms with E-state index in [0.29, 0.717) is 13.0 Å². The highest BCUT2D eigenvalue weighted by Crippen LogP contribution is 2.31. The molecule has 2 heterocycles. The summed E-state index contributed by atoms with van der Waals surface area (Å²) in [4.78, 5) is 26.9. The first kappa shape index (κ1) is 20.0. The number of carbonyl (C=O) groups excluding carboxylic acids is 2. The molecule has 0 saturated carbocycles. The fraction of sp³-hybridized carbons (Fsp3) is 0.304. The predicted octanol–water partition coefficient (Wildman–Crippen LogP) is 2.97. The van der Waals surface area contributed by atoms with Crippen molar-refractivity contribution in [2.45, 2.75) is 32.4 Å². The molecule has 0 aromatic heterocycles. The summed E-state index contributed by atoms with van der Waals surface area (Å²) < 4.78 is 5.50. The second-order valence-corrected chi connectivity index (χ2v) is 7.47. The van der Waals surface area contributed by atoms with Gasteiger partial charge < -0.3 is 20.0 Å². The van der Waals surface area contributed by atoms with Crippen LogP contribution in [0, 0.1) is 6.92 Å². The number of benzene rings is 2. The van der Waals surface area contributed by atoms with Crippen LogP contribution in [0.25, 0.3) is 0 Å². The summed E-state index contributed by atoms with van der Waals surface area (Å²) in [6, 6.07) is 15.2. The molecule has 7 nitrogen and oxygen atoms in total. The maximum absolute atomic E-state index is 13.0. The normalized spacial score (nSPS) is 20.3. The van der Waals surface area contributed by atoms with Crippen LogP contribution in [0.1, 0.15) is 30.5 Å². The molecule has 2 aliphatic rings. The molecule has 2 amide bonds. The first-order chi connectivity index (χ1) is 14.5. The number of carbonyl (C=O) groups is 2. The average Bonchev–Trinajstić information content (AvgIpc) is 3.18. The van der Waals surface area contributed by atoms with E-state index in [4.69, 9.17) is 4.74 Å². The third-order valence-corrected chi connectivity index (χ3v) is 5.40. The number of hydrazine groups is 1. The SMILES string of the molecule is CCOc1ccc(C2CC3C(=O)N(CC(=O)Nc4ccccc4C)C=CN3N2)cc1. The summed E-state index contributed by atoms with van der Waals surface area (Å²) in [6.07, 6.45) is 4.11. The number of anilines is 1. The van der Waals surface area contributed by atoms with Crippen LogP contribution in [-0.4, -0.2) is 40.9 Å². The minimum Gasteiger partial charge on any atom is -0.494 e. The number of nitrogens with one attached hydrogen (secondary N) is 2. The van der Waals surface area contributed by atoms with Crippen molar-refractivity contribution in [1.82, 2.24) is 15.3 Å². The van der Waals surface area contributed by atoms with E-state index in [1.165, 1.54) is 4.90 Å². The van der Waals surface area contributed by atoms with Crippen molar-refractivity contribution in [3.63, 3.8) is 0 Å². The Hall–Kier alpha value is -3.32. The molecule has 2 aromatic carbocycles. The van der Waals surface area contributed by atoms with Gasteiger partial charge in [-0.3, -0.25) is 9.59 Å². The van der Waals surface area contributed by atoms with E-state index in [1.807, 2.05) is 73.6 Å². The number of hydrogen-bond acceptors (Lipinski definition) is 5. The molecule has 2 atom stereocenters. The standard InChI is InChI=1S/C23H26N4O3/c1-3-30-18-10-8-17(9-11-18)20-14-21-23(29)26(12-13-27(21)25-20)15-22(28)24-19-7-5-4-6-16(19)2/h4-13,20-21,25H,3,14-15H2,1-2H3,(H,24,28). The van der Waals surface area contributed by atoms with Gasteiger partial charge >= 0.3 is 0 Å². The van der Waals surface area contributed by atoms with Gasteiger partial charge in [-0.05, 0) is 49.6 Å². The van der Waals surface area contributed by atoms with E-state index in [1.54, 1.807) is 6.20 Å². The van der Waals surface area contributed by atoms with Crippen molar-refractivity contribution in [3.8, 4) is 5.75 Å². The molecule has 1 fully saturated rings. The first-order valence-electron chi connectivity index (χ1n) is 10.2. The molecule has 2 N–H and O–H groups in total. The Morgan fingerprint density at radius 1 is 1.17 bits per heavy atom. The van der Waals surface area contributed by atoms with Gasteiger partial charge in [0.25, 0.3) is 5.91 Å². The van der Waals surface area contributed by atoms with Gasteiger partial charge in [0.1, 0.15) is 18.3 Å². The quantitative estimate of drug-likeness (QED) is 0.772. The monoisotopic (exact) mass is 406 g/mol. The number of para-hydroxylation sites is 1. The van der Waals surface area contributed by atoms with Crippen LogP contribution in [0.3, 0.4) is 0 Å². The largest absolute Gasteiger partial charge is 0.494 e. The van der Waals surface area contributed by atoms with Crippen LogP contribution in [0.2, 0.25) is 0 Å². The number of ether oxygens (including phenoxy) is 1. The van der Waals surface area contributed by atoms with Crippen LogP contribution in [0.5, 0.6) is 5.75 Å². The smallest absolute Gasteiger partial charge is 0.251 e. The third-order valence-electron chi connectivity index (χ3n) is 5.40. The van der Waals surface area contributed by atoms with Gasteiger partial charge in [0, 0.05) is 18.1 Å². The molecular weight excluding hydrogens is 380 g/mol. The molecule has 7 heteroatoms. The number of amides is 2. The number of hydrogen-bond donors (Lipinski definition) is 2. The molecule has 2 aromatic rings. The Balaban J connectivity index is 1.38. The maximum atomic E-state index is 13.0. The lowest BCUT2D eigenvalue weighted by Crippen LogP contribution is -2.49. The summed E-state index contributed by atoms with van der Waals surface area (Å²) in [7, 11) is 0. The first-order valence-corrected chi connectivity index (χ1v) is 10.2. The molecule has 156 valence electrons. The Kier molecular flexibility index (Phi) is 5.72. The molecule has 0 aliphatic carbocycles. The summed E-state index contributed by atoms with van der Waals surface area (Å²) >= 11 is 0. The second-order valence-electron chi connectivity index (χ2n) is 7.47. The molecule has 0 spiro atoms. The van der Waals surface area contributed by atoms with Crippen molar-refractivity contribution < 1.29 is 14.3 Å². The van der Waals surface area contributed by atoms with Crippen molar-refractivity contribution >= 4 is 17.5 Å². The molecule has 0 bridgehead atoms. The predicted molar refractivity (Wildman–Crippen MR) is 114 cm³/mol. The lowest BCUT2D eigenvalue weighted by molar-refractivity contribution is -0.137. The van der Waals surface area contributed by atoms with Gasteiger partial charge in [-0.1, -0.05) is 30.3 Å². The summed E-state index contributed by atoms with van der Waals surface area (Å²) in [6.45, 7) is 4.51. The fourth-order valence-electron chi connectivity index (χ4n) is 3.81. The van der Waals surface area contributed by atoms with E-state index in [0.717, 1.165) is 22.6 Å². The number of nitrogens with zero attached hydrogens (tertiary/aromatic N) is 2. The van der Waals surface area contributed by atoms with Crippen LogP contribution >= 0.6 is 0 Å². The Morgan fingerprint density at radius 3 is 2.67 bits per heavy atom. The number of rotatable bonds is 6. The molecule has 1 saturated heterocycles. The summed E-state index contributed by atoms with van der Waals surface area (Å²) in [5.74, 6) is 0.530.